The SMILES string of the molecule is C[C@@H](Oc1cc(-c2cnn(C3CCOCC34CCCC4)c2)cnc1N)c1c(Cl)ccc(F)c1Cl. The molecule has 3 aromatic rings. The van der Waals surface area contributed by atoms with Gasteiger partial charge in [0.2, 0.25) is 0 Å². The number of aromatic nitrogens is 3. The third-order valence-electron chi connectivity index (χ3n) is 7.16. The summed E-state index contributed by atoms with van der Waals surface area (Å²) in [5, 5.41) is 4.96. The number of hydrogen-bond acceptors (Lipinski definition) is 5. The van der Waals surface area contributed by atoms with Crippen molar-refractivity contribution in [1.82, 2.24) is 14.8 Å². The number of benzene rings is 1. The van der Waals surface area contributed by atoms with Gasteiger partial charge in [0.15, 0.2) is 11.6 Å². The molecule has 1 unspecified atom stereocenters. The Balaban J connectivity index is 1.41. The van der Waals surface area contributed by atoms with Crippen LogP contribution in [-0.2, 0) is 4.74 Å². The van der Waals surface area contributed by atoms with Gasteiger partial charge in [-0.3, -0.25) is 4.68 Å². The van der Waals surface area contributed by atoms with Crippen molar-refractivity contribution in [1.29, 1.82) is 0 Å². The van der Waals surface area contributed by atoms with E-state index < -0.39 is 11.9 Å². The Bertz CT molecular complexity index is 1200. The van der Waals surface area contributed by atoms with Crippen LogP contribution < -0.4 is 10.5 Å². The van der Waals surface area contributed by atoms with E-state index in [-0.39, 0.29) is 16.3 Å². The molecule has 0 bridgehead atoms. The number of ether oxygens (including phenoxy) is 2. The fraction of sp³-hybridized carbons (Fsp3) is 0.440. The van der Waals surface area contributed by atoms with Gasteiger partial charge in [-0.2, -0.15) is 5.10 Å². The van der Waals surface area contributed by atoms with Crippen LogP contribution in [0.4, 0.5) is 10.2 Å². The molecule has 1 aliphatic carbocycles. The lowest BCUT2D eigenvalue weighted by Crippen LogP contribution is -2.39. The molecule has 2 fully saturated rings. The highest BCUT2D eigenvalue weighted by atomic mass is 35.5. The Morgan fingerprint density at radius 1 is 1.24 bits per heavy atom. The number of anilines is 1. The van der Waals surface area contributed by atoms with E-state index in [0.29, 0.717) is 22.4 Å². The average Bonchev–Trinajstić information content (AvgIpc) is 3.49. The second kappa shape index (κ2) is 9.36. The molecule has 1 saturated carbocycles. The van der Waals surface area contributed by atoms with Crippen molar-refractivity contribution in [3.63, 3.8) is 0 Å². The van der Waals surface area contributed by atoms with Crippen molar-refractivity contribution < 1.29 is 13.9 Å². The van der Waals surface area contributed by atoms with E-state index in [9.17, 15) is 4.39 Å². The molecule has 5 rings (SSSR count). The number of nitrogens with zero attached hydrogens (tertiary/aromatic N) is 3. The van der Waals surface area contributed by atoms with Crippen LogP contribution in [0.25, 0.3) is 11.1 Å². The molecule has 2 atom stereocenters. The molecule has 6 nitrogen and oxygen atoms in total. The van der Waals surface area contributed by atoms with Gasteiger partial charge in [0.05, 0.1) is 23.9 Å². The van der Waals surface area contributed by atoms with Gasteiger partial charge in [0.1, 0.15) is 11.9 Å². The minimum Gasteiger partial charge on any atom is -0.482 e. The van der Waals surface area contributed by atoms with E-state index in [2.05, 4.69) is 15.9 Å². The Kier molecular flexibility index (Phi) is 6.44. The lowest BCUT2D eigenvalue weighted by Gasteiger charge is -2.41. The molecule has 180 valence electrons. The van der Waals surface area contributed by atoms with Crippen molar-refractivity contribution in [2.24, 2.45) is 5.41 Å². The third-order valence-corrected chi connectivity index (χ3v) is 7.87. The second-order valence-corrected chi connectivity index (χ2v) is 10.0. The highest BCUT2D eigenvalue weighted by Crippen LogP contribution is 2.50. The first kappa shape index (κ1) is 23.4. The van der Waals surface area contributed by atoms with Crippen LogP contribution in [0.3, 0.4) is 0 Å². The van der Waals surface area contributed by atoms with Gasteiger partial charge in [0.25, 0.3) is 0 Å². The number of halogens is 3. The first-order chi connectivity index (χ1) is 16.4. The van der Waals surface area contributed by atoms with Crippen LogP contribution in [-0.4, -0.2) is 28.0 Å². The van der Waals surface area contributed by atoms with Crippen molar-refractivity contribution in [2.45, 2.75) is 51.2 Å². The lowest BCUT2D eigenvalue weighted by atomic mass is 9.76. The molecule has 3 heterocycles. The summed E-state index contributed by atoms with van der Waals surface area (Å²) in [5.41, 5.74) is 8.38. The van der Waals surface area contributed by atoms with Crippen molar-refractivity contribution in [3.05, 3.63) is 58.2 Å². The number of nitrogens with two attached hydrogens (primary N) is 1. The van der Waals surface area contributed by atoms with Crippen LogP contribution in [0.5, 0.6) is 5.75 Å². The fourth-order valence-electron chi connectivity index (χ4n) is 5.37. The zero-order chi connectivity index (χ0) is 23.9. The van der Waals surface area contributed by atoms with Gasteiger partial charge in [-0.05, 0) is 44.4 Å². The molecule has 9 heteroatoms. The normalized spacial score (nSPS) is 20.5. The molecule has 1 saturated heterocycles. The van der Waals surface area contributed by atoms with Crippen LogP contribution in [0.2, 0.25) is 10.0 Å². The predicted octanol–water partition coefficient (Wildman–Crippen LogP) is 6.64. The zero-order valence-corrected chi connectivity index (χ0v) is 20.4. The molecule has 0 amide bonds. The van der Waals surface area contributed by atoms with E-state index in [4.69, 9.17) is 43.5 Å². The van der Waals surface area contributed by atoms with E-state index in [1.165, 1.54) is 37.8 Å². The van der Waals surface area contributed by atoms with Crippen LogP contribution >= 0.6 is 23.2 Å². The number of hydrogen-bond donors (Lipinski definition) is 1. The third kappa shape index (κ3) is 4.25. The minimum absolute atomic E-state index is 0.0683. The van der Waals surface area contributed by atoms with Gasteiger partial charge >= 0.3 is 0 Å². The fourth-order valence-corrected chi connectivity index (χ4v) is 6.05. The van der Waals surface area contributed by atoms with Gasteiger partial charge in [-0.1, -0.05) is 36.0 Å². The zero-order valence-electron chi connectivity index (χ0n) is 18.9. The monoisotopic (exact) mass is 504 g/mol. The summed E-state index contributed by atoms with van der Waals surface area (Å²) in [6.45, 7) is 3.30. The second-order valence-electron chi connectivity index (χ2n) is 9.26. The Hall–Kier alpha value is -2.35. The van der Waals surface area contributed by atoms with Crippen LogP contribution in [0.15, 0.2) is 36.8 Å². The van der Waals surface area contributed by atoms with Gasteiger partial charge in [0, 0.05) is 46.1 Å². The van der Waals surface area contributed by atoms with Crippen LogP contribution in [0, 0.1) is 11.2 Å². The van der Waals surface area contributed by atoms with Gasteiger partial charge in [-0.15, -0.1) is 0 Å². The summed E-state index contributed by atoms with van der Waals surface area (Å²) in [6.07, 6.45) is 10.8. The summed E-state index contributed by atoms with van der Waals surface area (Å²) >= 11 is 12.4. The Labute approximate surface area is 208 Å². The summed E-state index contributed by atoms with van der Waals surface area (Å²) in [5.74, 6) is 0.0328. The van der Waals surface area contributed by atoms with E-state index in [1.807, 2.05) is 12.3 Å². The Morgan fingerprint density at radius 3 is 2.82 bits per heavy atom. The summed E-state index contributed by atoms with van der Waals surface area (Å²) in [7, 11) is 0. The molecular weight excluding hydrogens is 478 g/mol. The van der Waals surface area contributed by atoms with E-state index in [0.717, 1.165) is 30.8 Å². The van der Waals surface area contributed by atoms with Crippen molar-refractivity contribution in [2.75, 3.05) is 18.9 Å². The first-order valence-electron chi connectivity index (χ1n) is 11.6. The summed E-state index contributed by atoms with van der Waals surface area (Å²) < 4.78 is 28.0. The molecule has 2 aromatic heterocycles. The molecule has 2 N–H and O–H groups in total. The molecular formula is C25H27Cl2FN4O2. The quantitative estimate of drug-likeness (QED) is 0.394. The Morgan fingerprint density at radius 2 is 2.03 bits per heavy atom. The largest absolute Gasteiger partial charge is 0.482 e. The maximum absolute atomic E-state index is 14.0. The molecule has 1 aromatic carbocycles. The van der Waals surface area contributed by atoms with Crippen LogP contribution in [0.1, 0.15) is 56.7 Å². The molecule has 1 aliphatic heterocycles. The van der Waals surface area contributed by atoms with Crippen molar-refractivity contribution in [3.8, 4) is 16.9 Å². The molecule has 34 heavy (non-hydrogen) atoms. The summed E-state index contributed by atoms with van der Waals surface area (Å²) in [6, 6.07) is 4.82. The lowest BCUT2D eigenvalue weighted by molar-refractivity contribution is -0.0462. The first-order valence-corrected chi connectivity index (χ1v) is 12.3. The highest BCUT2D eigenvalue weighted by Gasteiger charge is 2.45. The van der Waals surface area contributed by atoms with E-state index >= 15 is 0 Å². The van der Waals surface area contributed by atoms with Gasteiger partial charge in [-0.25, -0.2) is 9.37 Å². The topological polar surface area (TPSA) is 75.2 Å². The number of rotatable bonds is 5. The number of nitrogen functional groups attached to an aromatic ring is 1. The maximum atomic E-state index is 14.0. The number of pyridine rings is 1. The minimum atomic E-state index is -0.637. The predicted molar refractivity (Wildman–Crippen MR) is 131 cm³/mol. The molecule has 0 radical (unpaired) electrons. The molecule has 1 spiro atoms. The molecule has 2 aliphatic rings. The standard InChI is InChI=1S/C25H27Cl2FN4O2/c1-15(22-18(26)4-5-19(28)23(22)27)34-20-10-16(11-30-24(20)29)17-12-31-32(13-17)21-6-9-33-14-25(21)7-2-3-8-25/h4-5,10-13,15,21H,2-3,6-9,14H2,1H3,(H2,29,30)/t15-,21?/m1/s1. The average molecular weight is 505 g/mol. The van der Waals surface area contributed by atoms with E-state index in [1.54, 1.807) is 13.1 Å². The summed E-state index contributed by atoms with van der Waals surface area (Å²) in [4.78, 5) is 4.31. The highest BCUT2D eigenvalue weighted by molar-refractivity contribution is 6.36. The van der Waals surface area contributed by atoms with Crippen molar-refractivity contribution >= 4 is 29.0 Å². The van der Waals surface area contributed by atoms with Gasteiger partial charge < -0.3 is 15.2 Å². The maximum Gasteiger partial charge on any atom is 0.166 e. The smallest absolute Gasteiger partial charge is 0.166 e.